The van der Waals surface area contributed by atoms with Crippen LogP contribution in [0.15, 0.2) is 58.4 Å². The van der Waals surface area contributed by atoms with E-state index in [-0.39, 0.29) is 17.4 Å². The summed E-state index contributed by atoms with van der Waals surface area (Å²) in [6, 6.07) is 12.4. The summed E-state index contributed by atoms with van der Waals surface area (Å²) in [5, 5.41) is 5.11. The van der Waals surface area contributed by atoms with Crippen LogP contribution >= 0.6 is 11.6 Å². The number of ether oxygens (including phenoxy) is 2. The second kappa shape index (κ2) is 11.6. The maximum Gasteiger partial charge on any atom is 0.414 e. The van der Waals surface area contributed by atoms with Gasteiger partial charge < -0.3 is 9.47 Å². The third kappa shape index (κ3) is 10.5. The number of benzene rings is 2. The Hall–Kier alpha value is -3.31. The van der Waals surface area contributed by atoms with Crippen molar-refractivity contribution in [3.63, 3.8) is 0 Å². The molecule has 0 unspecified atom stereocenters. The number of halogens is 1. The Kier molecular flexibility index (Phi) is 9.33. The maximum absolute atomic E-state index is 12.6. The Bertz CT molecular complexity index is 1180. The first kappa shape index (κ1) is 28.9. The van der Waals surface area contributed by atoms with Crippen LogP contribution < -0.4 is 15.4 Å². The van der Waals surface area contributed by atoms with Crippen molar-refractivity contribution in [2.24, 2.45) is 4.99 Å². The van der Waals surface area contributed by atoms with Gasteiger partial charge in [-0.2, -0.15) is 0 Å². The highest BCUT2D eigenvalue weighted by Gasteiger charge is 2.21. The molecule has 0 aliphatic rings. The third-order valence-electron chi connectivity index (χ3n) is 3.97. The van der Waals surface area contributed by atoms with E-state index in [0.717, 1.165) is 0 Å². The predicted octanol–water partition coefficient (Wildman–Crippen LogP) is 5.05. The molecule has 0 radical (unpaired) electrons. The van der Waals surface area contributed by atoms with E-state index in [1.807, 2.05) is 0 Å². The number of nitrogens with zero attached hydrogens (tertiary/aromatic N) is 1. The van der Waals surface area contributed by atoms with E-state index in [2.05, 4.69) is 20.3 Å². The molecule has 2 rings (SSSR count). The summed E-state index contributed by atoms with van der Waals surface area (Å²) in [5.41, 5.74) is -0.498. The van der Waals surface area contributed by atoms with E-state index in [0.29, 0.717) is 16.3 Å². The molecule has 2 aromatic rings. The highest BCUT2D eigenvalue weighted by molar-refractivity contribution is 7.92. The molecule has 0 aromatic heterocycles. The number of sulfonamides is 1. The lowest BCUT2D eigenvalue weighted by molar-refractivity contribution is 0.0545. The lowest BCUT2D eigenvalue weighted by Gasteiger charge is -2.22. The molecule has 10 nitrogen and oxygen atoms in total. The number of hydrogen-bond donors (Lipinski definition) is 3. The van der Waals surface area contributed by atoms with Gasteiger partial charge in [0, 0.05) is 10.7 Å². The van der Waals surface area contributed by atoms with Crippen molar-refractivity contribution in [3.05, 3.63) is 59.1 Å². The summed E-state index contributed by atoms with van der Waals surface area (Å²) in [5.74, 6) is -0.163. The van der Waals surface area contributed by atoms with E-state index in [4.69, 9.17) is 21.1 Å². The van der Waals surface area contributed by atoms with Crippen LogP contribution in [0.2, 0.25) is 5.02 Å². The largest absolute Gasteiger partial charge is 0.444 e. The molecule has 2 aromatic carbocycles. The van der Waals surface area contributed by atoms with E-state index >= 15 is 0 Å². The highest BCUT2D eigenvalue weighted by Crippen LogP contribution is 2.20. The molecule has 0 aliphatic carbocycles. The van der Waals surface area contributed by atoms with Crippen molar-refractivity contribution >= 4 is 45.5 Å². The molecule has 0 saturated carbocycles. The molecule has 196 valence electrons. The SMILES string of the molecule is CC(C)(C)OC(=O)NC(=NCc1ccc(NS(=O)(=O)c2cccc(Cl)c2)cc1)NC(=O)OC(C)(C)C. The van der Waals surface area contributed by atoms with Crippen LogP contribution in [0.3, 0.4) is 0 Å². The number of anilines is 1. The molecule has 2 amide bonds. The normalized spacial score (nSPS) is 11.8. The number of guanidine groups is 1. The van der Waals surface area contributed by atoms with Gasteiger partial charge in [-0.05, 0) is 77.4 Å². The molecule has 0 heterocycles. The van der Waals surface area contributed by atoms with E-state index in [1.165, 1.54) is 12.1 Å². The molecule has 0 saturated heterocycles. The van der Waals surface area contributed by atoms with Gasteiger partial charge in [0.1, 0.15) is 11.2 Å². The topological polar surface area (TPSA) is 135 Å². The van der Waals surface area contributed by atoms with Gasteiger partial charge in [-0.3, -0.25) is 15.4 Å². The first-order valence-electron chi connectivity index (χ1n) is 10.9. The monoisotopic (exact) mass is 538 g/mol. The van der Waals surface area contributed by atoms with E-state index in [1.54, 1.807) is 77.9 Å². The first-order valence-corrected chi connectivity index (χ1v) is 12.8. The third-order valence-corrected chi connectivity index (χ3v) is 5.59. The summed E-state index contributed by atoms with van der Waals surface area (Å²) in [6.45, 7) is 10.3. The zero-order valence-corrected chi connectivity index (χ0v) is 22.6. The van der Waals surface area contributed by atoms with Crippen LogP contribution in [0.25, 0.3) is 0 Å². The molecular formula is C24H31ClN4O6S. The van der Waals surface area contributed by atoms with Crippen molar-refractivity contribution in [2.45, 2.75) is 64.2 Å². The Morgan fingerprint density at radius 3 is 1.89 bits per heavy atom. The van der Waals surface area contributed by atoms with Crippen LogP contribution in [-0.4, -0.2) is 37.8 Å². The zero-order chi connectivity index (χ0) is 27.1. The summed E-state index contributed by atoms with van der Waals surface area (Å²) >= 11 is 5.89. The molecule has 0 spiro atoms. The minimum Gasteiger partial charge on any atom is -0.444 e. The zero-order valence-electron chi connectivity index (χ0n) is 21.0. The van der Waals surface area contributed by atoms with Crippen molar-refractivity contribution in [1.82, 2.24) is 10.6 Å². The van der Waals surface area contributed by atoms with Crippen LogP contribution in [0.1, 0.15) is 47.1 Å². The summed E-state index contributed by atoms with van der Waals surface area (Å²) in [7, 11) is -3.82. The van der Waals surface area contributed by atoms with Gasteiger partial charge in [0.05, 0.1) is 11.4 Å². The fourth-order valence-electron chi connectivity index (χ4n) is 2.61. The number of rotatable bonds is 5. The van der Waals surface area contributed by atoms with Gasteiger partial charge in [-0.1, -0.05) is 29.8 Å². The quantitative estimate of drug-likeness (QED) is 0.360. The smallest absolute Gasteiger partial charge is 0.414 e. The maximum atomic E-state index is 12.6. The van der Waals surface area contributed by atoms with Crippen LogP contribution in [0, 0.1) is 0 Å². The minimum absolute atomic E-state index is 0.0368. The van der Waals surface area contributed by atoms with Gasteiger partial charge in [-0.15, -0.1) is 0 Å². The summed E-state index contributed by atoms with van der Waals surface area (Å²) in [6.07, 6.45) is -1.61. The van der Waals surface area contributed by atoms with E-state index in [9.17, 15) is 18.0 Å². The molecular weight excluding hydrogens is 508 g/mol. The van der Waals surface area contributed by atoms with Gasteiger partial charge >= 0.3 is 12.2 Å². The molecule has 0 bridgehead atoms. The predicted molar refractivity (Wildman–Crippen MR) is 139 cm³/mol. The average Bonchev–Trinajstić information content (AvgIpc) is 2.70. The fraction of sp³-hybridized carbons (Fsp3) is 0.375. The molecule has 0 fully saturated rings. The Balaban J connectivity index is 2.13. The van der Waals surface area contributed by atoms with Crippen molar-refractivity contribution in [2.75, 3.05) is 4.72 Å². The molecule has 0 aliphatic heterocycles. The second-order valence-corrected chi connectivity index (χ2v) is 11.8. The highest BCUT2D eigenvalue weighted by atomic mass is 35.5. The molecule has 0 atom stereocenters. The number of carbonyl (C=O) groups excluding carboxylic acids is 2. The minimum atomic E-state index is -3.82. The number of aliphatic imine (C=N–C) groups is 1. The lowest BCUT2D eigenvalue weighted by atomic mass is 10.2. The summed E-state index contributed by atoms with van der Waals surface area (Å²) < 4.78 is 38.0. The molecule has 36 heavy (non-hydrogen) atoms. The van der Waals surface area contributed by atoms with E-state index < -0.39 is 33.4 Å². The van der Waals surface area contributed by atoms with Crippen LogP contribution in [-0.2, 0) is 26.0 Å². The fourth-order valence-corrected chi connectivity index (χ4v) is 3.97. The molecule has 3 N–H and O–H groups in total. The van der Waals surface area contributed by atoms with Gasteiger partial charge in [0.2, 0.25) is 5.96 Å². The van der Waals surface area contributed by atoms with Crippen molar-refractivity contribution < 1.29 is 27.5 Å². The standard InChI is InChI=1S/C24H31ClN4O6S/c1-23(2,3)34-21(30)27-20(28-22(31)35-24(4,5)6)26-15-16-10-12-18(13-11-16)29-36(32,33)19-9-7-8-17(25)14-19/h7-14,29H,15H2,1-6H3,(H2,26,27,28,30,31). The number of hydrogen-bond acceptors (Lipinski definition) is 7. The van der Waals surface area contributed by atoms with Gasteiger partial charge in [0.25, 0.3) is 10.0 Å². The number of alkyl carbamates (subject to hydrolysis) is 2. The van der Waals surface area contributed by atoms with Crippen molar-refractivity contribution in [3.8, 4) is 0 Å². The van der Waals surface area contributed by atoms with Crippen LogP contribution in [0.4, 0.5) is 15.3 Å². The second-order valence-electron chi connectivity index (χ2n) is 9.68. The number of carbonyl (C=O) groups is 2. The lowest BCUT2D eigenvalue weighted by Crippen LogP contribution is -2.47. The Labute approximate surface area is 216 Å². The Morgan fingerprint density at radius 1 is 0.889 bits per heavy atom. The van der Waals surface area contributed by atoms with Gasteiger partial charge in [0.15, 0.2) is 0 Å². The number of nitrogens with one attached hydrogen (secondary N) is 3. The Morgan fingerprint density at radius 2 is 1.42 bits per heavy atom. The first-order chi connectivity index (χ1) is 16.5. The van der Waals surface area contributed by atoms with Crippen LogP contribution in [0.5, 0.6) is 0 Å². The summed E-state index contributed by atoms with van der Waals surface area (Å²) in [4.78, 5) is 28.6. The van der Waals surface area contributed by atoms with Crippen molar-refractivity contribution in [1.29, 1.82) is 0 Å². The average molecular weight is 539 g/mol. The number of amides is 2. The molecule has 12 heteroatoms. The van der Waals surface area contributed by atoms with Gasteiger partial charge in [-0.25, -0.2) is 23.0 Å².